The number of aromatic hydroxyl groups is 1. The molecular weight excluding hydrogens is 224 g/mol. The Morgan fingerprint density at radius 2 is 1.94 bits per heavy atom. The average molecular weight is 244 g/mol. The van der Waals surface area contributed by atoms with Gasteiger partial charge in [0.15, 0.2) is 0 Å². The van der Waals surface area contributed by atoms with Crippen LogP contribution in [0.2, 0.25) is 0 Å². The third-order valence-electron chi connectivity index (χ3n) is 3.23. The van der Waals surface area contributed by atoms with E-state index in [1.807, 2.05) is 19.2 Å². The van der Waals surface area contributed by atoms with E-state index in [9.17, 15) is 5.11 Å². The molecule has 3 heteroatoms. The van der Waals surface area contributed by atoms with Gasteiger partial charge in [0.05, 0.1) is 0 Å². The van der Waals surface area contributed by atoms with Crippen LogP contribution in [0.3, 0.4) is 0 Å². The van der Waals surface area contributed by atoms with Crippen LogP contribution in [0.5, 0.6) is 5.75 Å². The molecule has 0 aliphatic carbocycles. The molecule has 0 aliphatic rings. The SMILES string of the molecule is CCC(NC)c1ccn(Cc2ccc(O)cc2)c1. The van der Waals surface area contributed by atoms with Gasteiger partial charge in [-0.2, -0.15) is 0 Å². The fourth-order valence-electron chi connectivity index (χ4n) is 2.18. The first-order valence-corrected chi connectivity index (χ1v) is 6.33. The Morgan fingerprint density at radius 3 is 2.56 bits per heavy atom. The van der Waals surface area contributed by atoms with Gasteiger partial charge >= 0.3 is 0 Å². The van der Waals surface area contributed by atoms with E-state index in [2.05, 4.69) is 35.3 Å². The summed E-state index contributed by atoms with van der Waals surface area (Å²) < 4.78 is 2.17. The second-order valence-electron chi connectivity index (χ2n) is 4.53. The summed E-state index contributed by atoms with van der Waals surface area (Å²) in [6, 6.07) is 9.93. The number of hydrogen-bond acceptors (Lipinski definition) is 2. The fraction of sp³-hybridized carbons (Fsp3) is 0.333. The highest BCUT2D eigenvalue weighted by Crippen LogP contribution is 2.17. The first-order valence-electron chi connectivity index (χ1n) is 6.33. The maximum Gasteiger partial charge on any atom is 0.115 e. The van der Waals surface area contributed by atoms with Gasteiger partial charge in [-0.05, 0) is 42.8 Å². The minimum absolute atomic E-state index is 0.313. The van der Waals surface area contributed by atoms with Crippen LogP contribution >= 0.6 is 0 Å². The van der Waals surface area contributed by atoms with Crippen molar-refractivity contribution in [3.05, 3.63) is 53.9 Å². The summed E-state index contributed by atoms with van der Waals surface area (Å²) in [5.74, 6) is 0.313. The molecule has 2 rings (SSSR count). The van der Waals surface area contributed by atoms with E-state index in [1.165, 1.54) is 11.1 Å². The van der Waals surface area contributed by atoms with Crippen molar-refractivity contribution in [2.75, 3.05) is 7.05 Å². The highest BCUT2D eigenvalue weighted by atomic mass is 16.3. The molecule has 0 fully saturated rings. The molecule has 0 amide bonds. The molecule has 2 aromatic rings. The Balaban J connectivity index is 2.08. The summed E-state index contributed by atoms with van der Waals surface area (Å²) in [6.07, 6.45) is 5.36. The lowest BCUT2D eigenvalue weighted by molar-refractivity contribution is 0.475. The van der Waals surface area contributed by atoms with E-state index in [0.717, 1.165) is 13.0 Å². The summed E-state index contributed by atoms with van der Waals surface area (Å²) >= 11 is 0. The number of benzene rings is 1. The highest BCUT2D eigenvalue weighted by molar-refractivity contribution is 5.26. The van der Waals surface area contributed by atoms with Gasteiger partial charge in [0.2, 0.25) is 0 Å². The number of nitrogens with one attached hydrogen (secondary N) is 1. The normalized spacial score (nSPS) is 12.6. The molecule has 0 radical (unpaired) electrons. The maximum atomic E-state index is 9.25. The van der Waals surface area contributed by atoms with Gasteiger partial charge in [-0.1, -0.05) is 19.1 Å². The van der Waals surface area contributed by atoms with E-state index < -0.39 is 0 Å². The predicted molar refractivity (Wildman–Crippen MR) is 73.7 cm³/mol. The van der Waals surface area contributed by atoms with Gasteiger partial charge < -0.3 is 15.0 Å². The van der Waals surface area contributed by atoms with Crippen LogP contribution in [-0.4, -0.2) is 16.7 Å². The molecule has 1 aromatic carbocycles. The number of hydrogen-bond donors (Lipinski definition) is 2. The van der Waals surface area contributed by atoms with Gasteiger partial charge in [-0.3, -0.25) is 0 Å². The molecular formula is C15H20N2O. The molecule has 0 saturated carbocycles. The first kappa shape index (κ1) is 12.7. The van der Waals surface area contributed by atoms with E-state index in [4.69, 9.17) is 0 Å². The Hall–Kier alpha value is -1.74. The van der Waals surface area contributed by atoms with Crippen LogP contribution in [0.25, 0.3) is 0 Å². The minimum Gasteiger partial charge on any atom is -0.508 e. The van der Waals surface area contributed by atoms with E-state index in [-0.39, 0.29) is 0 Å². The van der Waals surface area contributed by atoms with Crippen molar-refractivity contribution >= 4 is 0 Å². The van der Waals surface area contributed by atoms with Crippen molar-refractivity contribution in [2.45, 2.75) is 25.9 Å². The Morgan fingerprint density at radius 1 is 1.22 bits per heavy atom. The zero-order valence-corrected chi connectivity index (χ0v) is 10.9. The van der Waals surface area contributed by atoms with Crippen LogP contribution in [0.15, 0.2) is 42.7 Å². The van der Waals surface area contributed by atoms with Crippen LogP contribution in [0, 0.1) is 0 Å². The van der Waals surface area contributed by atoms with Crippen molar-refractivity contribution in [1.29, 1.82) is 0 Å². The van der Waals surface area contributed by atoms with Gasteiger partial charge in [0.1, 0.15) is 5.75 Å². The first-order chi connectivity index (χ1) is 8.72. The lowest BCUT2D eigenvalue weighted by Crippen LogP contribution is -2.14. The zero-order chi connectivity index (χ0) is 13.0. The number of nitrogens with zero attached hydrogens (tertiary/aromatic N) is 1. The maximum absolute atomic E-state index is 9.25. The van der Waals surface area contributed by atoms with Crippen molar-refractivity contribution in [3.8, 4) is 5.75 Å². The molecule has 1 atom stereocenters. The molecule has 0 aliphatic heterocycles. The lowest BCUT2D eigenvalue weighted by atomic mass is 10.1. The number of phenolic OH excluding ortho intramolecular Hbond substituents is 1. The predicted octanol–water partition coefficient (Wildman–Crippen LogP) is 2.91. The van der Waals surface area contributed by atoms with E-state index in [1.54, 1.807) is 12.1 Å². The second kappa shape index (κ2) is 5.74. The molecule has 1 unspecified atom stereocenters. The third kappa shape index (κ3) is 2.93. The zero-order valence-electron chi connectivity index (χ0n) is 10.9. The molecule has 0 saturated heterocycles. The van der Waals surface area contributed by atoms with E-state index >= 15 is 0 Å². The Kier molecular flexibility index (Phi) is 4.05. The highest BCUT2D eigenvalue weighted by Gasteiger charge is 2.07. The molecule has 3 nitrogen and oxygen atoms in total. The van der Waals surface area contributed by atoms with Crippen molar-refractivity contribution in [1.82, 2.24) is 9.88 Å². The van der Waals surface area contributed by atoms with Crippen LogP contribution in [0.4, 0.5) is 0 Å². The van der Waals surface area contributed by atoms with Crippen molar-refractivity contribution in [2.24, 2.45) is 0 Å². The molecule has 1 heterocycles. The quantitative estimate of drug-likeness (QED) is 0.848. The summed E-state index contributed by atoms with van der Waals surface area (Å²) in [5.41, 5.74) is 2.51. The lowest BCUT2D eigenvalue weighted by Gasteiger charge is -2.11. The molecule has 1 aromatic heterocycles. The van der Waals surface area contributed by atoms with Crippen molar-refractivity contribution < 1.29 is 5.11 Å². The monoisotopic (exact) mass is 244 g/mol. The molecule has 18 heavy (non-hydrogen) atoms. The largest absolute Gasteiger partial charge is 0.508 e. The third-order valence-corrected chi connectivity index (χ3v) is 3.23. The standard InChI is InChI=1S/C15H20N2O/c1-3-15(16-2)13-8-9-17(11-13)10-12-4-6-14(18)7-5-12/h4-9,11,15-16,18H,3,10H2,1-2H3. The molecule has 0 bridgehead atoms. The summed E-state index contributed by atoms with van der Waals surface area (Å²) in [4.78, 5) is 0. The average Bonchev–Trinajstić information content (AvgIpc) is 2.82. The second-order valence-corrected chi connectivity index (χ2v) is 4.53. The summed E-state index contributed by atoms with van der Waals surface area (Å²) in [7, 11) is 1.99. The summed E-state index contributed by atoms with van der Waals surface area (Å²) in [5, 5.41) is 12.6. The van der Waals surface area contributed by atoms with Gasteiger partial charge in [-0.15, -0.1) is 0 Å². The fourth-order valence-corrected chi connectivity index (χ4v) is 2.18. The Labute approximate surface area is 108 Å². The van der Waals surface area contributed by atoms with Gasteiger partial charge in [-0.25, -0.2) is 0 Å². The molecule has 2 N–H and O–H groups in total. The Bertz CT molecular complexity index is 483. The van der Waals surface area contributed by atoms with Gasteiger partial charge in [0, 0.05) is 25.0 Å². The molecule has 96 valence electrons. The smallest absolute Gasteiger partial charge is 0.115 e. The summed E-state index contributed by atoms with van der Waals surface area (Å²) in [6.45, 7) is 3.01. The number of rotatable bonds is 5. The number of phenols is 1. The van der Waals surface area contributed by atoms with Gasteiger partial charge in [0.25, 0.3) is 0 Å². The van der Waals surface area contributed by atoms with E-state index in [0.29, 0.717) is 11.8 Å². The topological polar surface area (TPSA) is 37.2 Å². The van der Waals surface area contributed by atoms with Crippen molar-refractivity contribution in [3.63, 3.8) is 0 Å². The number of aromatic nitrogens is 1. The van der Waals surface area contributed by atoms with Crippen LogP contribution in [-0.2, 0) is 6.54 Å². The van der Waals surface area contributed by atoms with Crippen LogP contribution in [0.1, 0.15) is 30.5 Å². The minimum atomic E-state index is 0.313. The van der Waals surface area contributed by atoms with Crippen LogP contribution < -0.4 is 5.32 Å². The molecule has 0 spiro atoms.